The largest absolute Gasteiger partial charge is 0.508 e. The first-order chi connectivity index (χ1) is 9.47. The number of hydrogen-bond acceptors (Lipinski definition) is 3. The first-order valence-corrected chi connectivity index (χ1v) is 7.81. The van der Waals surface area contributed by atoms with Crippen LogP contribution in [0.2, 0.25) is 0 Å². The maximum atomic E-state index is 12.2. The van der Waals surface area contributed by atoms with Gasteiger partial charge in [-0.15, -0.1) is 0 Å². The second kappa shape index (κ2) is 6.07. The molecule has 1 atom stereocenters. The first-order valence-electron chi connectivity index (χ1n) is 6.33. The zero-order chi connectivity index (χ0) is 14.6. The number of nitrogens with one attached hydrogen (secondary N) is 1. The van der Waals surface area contributed by atoms with Crippen LogP contribution in [0.1, 0.15) is 12.5 Å². The Kier molecular flexibility index (Phi) is 4.42. The van der Waals surface area contributed by atoms with Gasteiger partial charge >= 0.3 is 0 Å². The van der Waals surface area contributed by atoms with Crippen molar-refractivity contribution in [1.82, 2.24) is 4.72 Å². The van der Waals surface area contributed by atoms with E-state index in [1.54, 1.807) is 0 Å². The van der Waals surface area contributed by atoms with Gasteiger partial charge in [0.05, 0.1) is 4.90 Å². The van der Waals surface area contributed by atoms with Crippen molar-refractivity contribution in [2.75, 3.05) is 0 Å². The summed E-state index contributed by atoms with van der Waals surface area (Å²) in [6.07, 6.45) is 0.623. The Labute approximate surface area is 119 Å². The average molecular weight is 291 g/mol. The molecular weight excluding hydrogens is 274 g/mol. The number of phenols is 1. The lowest BCUT2D eigenvalue weighted by molar-refractivity contribution is 0.474. The lowest BCUT2D eigenvalue weighted by Gasteiger charge is -2.14. The van der Waals surface area contributed by atoms with Gasteiger partial charge < -0.3 is 5.11 Å². The smallest absolute Gasteiger partial charge is 0.240 e. The van der Waals surface area contributed by atoms with Crippen molar-refractivity contribution in [3.05, 3.63) is 60.2 Å². The fraction of sp³-hybridized carbons (Fsp3) is 0.200. The van der Waals surface area contributed by atoms with Crippen LogP contribution in [0, 0.1) is 0 Å². The molecule has 0 bridgehead atoms. The van der Waals surface area contributed by atoms with Crippen LogP contribution in [0.3, 0.4) is 0 Å². The minimum atomic E-state index is -3.56. The van der Waals surface area contributed by atoms with E-state index in [-0.39, 0.29) is 16.7 Å². The molecule has 0 saturated carbocycles. The summed E-state index contributed by atoms with van der Waals surface area (Å²) < 4.78 is 26.9. The molecule has 106 valence electrons. The number of phenolic OH excluding ortho intramolecular Hbond substituents is 1. The van der Waals surface area contributed by atoms with Crippen LogP contribution in [0.4, 0.5) is 0 Å². The van der Waals surface area contributed by atoms with Gasteiger partial charge in [0, 0.05) is 6.04 Å². The number of rotatable bonds is 5. The Morgan fingerprint density at radius 3 is 2.25 bits per heavy atom. The molecule has 5 heteroatoms. The third kappa shape index (κ3) is 3.82. The molecule has 0 spiro atoms. The predicted octanol–water partition coefficient (Wildman–Crippen LogP) is 2.30. The molecule has 2 N–H and O–H groups in total. The third-order valence-electron chi connectivity index (χ3n) is 2.89. The van der Waals surface area contributed by atoms with Crippen LogP contribution < -0.4 is 4.72 Å². The summed E-state index contributed by atoms with van der Waals surface area (Å²) in [5.41, 5.74) is 1.08. The zero-order valence-corrected chi connectivity index (χ0v) is 12.0. The molecule has 1 unspecified atom stereocenters. The second-order valence-electron chi connectivity index (χ2n) is 4.71. The highest BCUT2D eigenvalue weighted by Crippen LogP contribution is 2.15. The monoisotopic (exact) mass is 291 g/mol. The van der Waals surface area contributed by atoms with Crippen LogP contribution in [0.15, 0.2) is 59.5 Å². The van der Waals surface area contributed by atoms with Gasteiger partial charge in [0.1, 0.15) is 5.75 Å². The van der Waals surface area contributed by atoms with E-state index in [2.05, 4.69) is 4.72 Å². The Morgan fingerprint density at radius 2 is 1.65 bits per heavy atom. The van der Waals surface area contributed by atoms with Gasteiger partial charge in [-0.1, -0.05) is 30.3 Å². The molecule has 2 aromatic rings. The number of hydrogen-bond donors (Lipinski definition) is 2. The molecular formula is C15H17NO3S. The predicted molar refractivity (Wildman–Crippen MR) is 78.0 cm³/mol. The summed E-state index contributed by atoms with van der Waals surface area (Å²) in [6, 6.07) is 15.0. The van der Waals surface area contributed by atoms with E-state index in [1.165, 1.54) is 24.3 Å². The Morgan fingerprint density at radius 1 is 1.05 bits per heavy atom. The molecule has 0 amide bonds. The van der Waals surface area contributed by atoms with Crippen LogP contribution in [0.25, 0.3) is 0 Å². The van der Waals surface area contributed by atoms with Crippen molar-refractivity contribution < 1.29 is 13.5 Å². The maximum Gasteiger partial charge on any atom is 0.240 e. The quantitative estimate of drug-likeness (QED) is 0.888. The Bertz CT molecular complexity index is 651. The van der Waals surface area contributed by atoms with Crippen molar-refractivity contribution in [1.29, 1.82) is 0 Å². The molecule has 0 heterocycles. The van der Waals surface area contributed by atoms with Gasteiger partial charge in [-0.3, -0.25) is 0 Å². The normalized spacial score (nSPS) is 13.1. The van der Waals surface area contributed by atoms with E-state index >= 15 is 0 Å². The van der Waals surface area contributed by atoms with Gasteiger partial charge in [-0.05, 0) is 43.2 Å². The van der Waals surface area contributed by atoms with E-state index in [1.807, 2.05) is 37.3 Å². The molecule has 2 rings (SSSR count). The molecule has 0 saturated heterocycles. The highest BCUT2D eigenvalue weighted by atomic mass is 32.2. The lowest BCUT2D eigenvalue weighted by atomic mass is 10.1. The summed E-state index contributed by atoms with van der Waals surface area (Å²) in [5, 5.41) is 9.18. The molecule has 4 nitrogen and oxygen atoms in total. The third-order valence-corrected chi connectivity index (χ3v) is 4.49. The fourth-order valence-electron chi connectivity index (χ4n) is 1.97. The average Bonchev–Trinajstić information content (AvgIpc) is 2.39. The minimum absolute atomic E-state index is 0.0429. The van der Waals surface area contributed by atoms with Crippen molar-refractivity contribution in [2.24, 2.45) is 0 Å². The highest BCUT2D eigenvalue weighted by molar-refractivity contribution is 7.89. The molecule has 0 aliphatic heterocycles. The van der Waals surface area contributed by atoms with Crippen LogP contribution in [-0.4, -0.2) is 19.6 Å². The summed E-state index contributed by atoms with van der Waals surface area (Å²) in [4.78, 5) is 0.148. The van der Waals surface area contributed by atoms with E-state index in [0.717, 1.165) is 5.56 Å². The van der Waals surface area contributed by atoms with E-state index in [9.17, 15) is 13.5 Å². The summed E-state index contributed by atoms with van der Waals surface area (Å²) in [6.45, 7) is 1.82. The van der Waals surface area contributed by atoms with E-state index in [0.29, 0.717) is 6.42 Å². The lowest BCUT2D eigenvalue weighted by Crippen LogP contribution is -2.34. The molecule has 0 fully saturated rings. The fourth-order valence-corrected chi connectivity index (χ4v) is 3.21. The van der Waals surface area contributed by atoms with Gasteiger partial charge in [0.15, 0.2) is 0 Å². The van der Waals surface area contributed by atoms with E-state index < -0.39 is 10.0 Å². The maximum absolute atomic E-state index is 12.2. The summed E-state index contributed by atoms with van der Waals surface area (Å²) in [5.74, 6) is 0.0429. The highest BCUT2D eigenvalue weighted by Gasteiger charge is 2.17. The van der Waals surface area contributed by atoms with Gasteiger partial charge in [0.2, 0.25) is 10.0 Å². The standard InChI is InChI=1S/C15H17NO3S/c1-12(11-13-5-3-2-4-6-13)16-20(18,19)15-9-7-14(17)8-10-15/h2-10,12,16-17H,11H2,1H3. The van der Waals surface area contributed by atoms with Crippen molar-refractivity contribution in [3.8, 4) is 5.75 Å². The zero-order valence-electron chi connectivity index (χ0n) is 11.2. The summed E-state index contributed by atoms with van der Waals surface area (Å²) in [7, 11) is -3.56. The molecule has 20 heavy (non-hydrogen) atoms. The number of sulfonamides is 1. The molecule has 0 aliphatic carbocycles. The van der Waals surface area contributed by atoms with E-state index in [4.69, 9.17) is 0 Å². The molecule has 2 aromatic carbocycles. The van der Waals surface area contributed by atoms with Gasteiger partial charge in [0.25, 0.3) is 0 Å². The molecule has 0 aromatic heterocycles. The van der Waals surface area contributed by atoms with Gasteiger partial charge in [-0.25, -0.2) is 13.1 Å². The topological polar surface area (TPSA) is 66.4 Å². The molecule has 0 radical (unpaired) electrons. The number of aromatic hydroxyl groups is 1. The van der Waals surface area contributed by atoms with Crippen molar-refractivity contribution >= 4 is 10.0 Å². The number of benzene rings is 2. The van der Waals surface area contributed by atoms with Gasteiger partial charge in [-0.2, -0.15) is 0 Å². The van der Waals surface area contributed by atoms with Crippen molar-refractivity contribution in [2.45, 2.75) is 24.3 Å². The molecule has 0 aliphatic rings. The van der Waals surface area contributed by atoms with Crippen LogP contribution >= 0.6 is 0 Å². The second-order valence-corrected chi connectivity index (χ2v) is 6.42. The van der Waals surface area contributed by atoms with Crippen molar-refractivity contribution in [3.63, 3.8) is 0 Å². The SMILES string of the molecule is CC(Cc1ccccc1)NS(=O)(=O)c1ccc(O)cc1. The first kappa shape index (κ1) is 14.6. The van der Waals surface area contributed by atoms with Crippen LogP contribution in [-0.2, 0) is 16.4 Å². The Balaban J connectivity index is 2.06. The Hall–Kier alpha value is -1.85. The summed E-state index contributed by atoms with van der Waals surface area (Å²) >= 11 is 0. The van der Waals surface area contributed by atoms with Crippen LogP contribution in [0.5, 0.6) is 5.75 Å². The minimum Gasteiger partial charge on any atom is -0.508 e.